The largest absolute Gasteiger partial charge is 0.490 e. The molecule has 214 valence electrons. The minimum Gasteiger partial charge on any atom is -0.490 e. The van der Waals surface area contributed by atoms with E-state index in [1.165, 1.54) is 0 Å². The molecule has 0 amide bonds. The van der Waals surface area contributed by atoms with E-state index < -0.39 is 6.10 Å². The lowest BCUT2D eigenvalue weighted by atomic mass is 9.85. The van der Waals surface area contributed by atoms with Gasteiger partial charge in [-0.2, -0.15) is 0 Å². The quantitative estimate of drug-likeness (QED) is 0.342. The van der Waals surface area contributed by atoms with Crippen LogP contribution in [0.5, 0.6) is 17.2 Å². The third-order valence-corrected chi connectivity index (χ3v) is 7.59. The van der Waals surface area contributed by atoms with Crippen LogP contribution < -0.4 is 24.6 Å². The monoisotopic (exact) mass is 547 g/mol. The van der Waals surface area contributed by atoms with Gasteiger partial charge >= 0.3 is 0 Å². The zero-order valence-electron chi connectivity index (χ0n) is 23.7. The molecular formula is C32H41N3O5. The minimum absolute atomic E-state index is 0.138. The Labute approximate surface area is 237 Å². The number of aliphatic hydroxyl groups excluding tert-OH is 1. The summed E-state index contributed by atoms with van der Waals surface area (Å²) in [6.07, 6.45) is 0.257. The van der Waals surface area contributed by atoms with Gasteiger partial charge < -0.3 is 39.2 Å². The molecule has 2 heterocycles. The molecular weight excluding hydrogens is 506 g/mol. The molecule has 2 aliphatic rings. The van der Waals surface area contributed by atoms with Crippen LogP contribution in [-0.2, 0) is 16.1 Å². The zero-order chi connectivity index (χ0) is 27.9. The van der Waals surface area contributed by atoms with Crippen molar-refractivity contribution in [3.05, 3.63) is 77.9 Å². The van der Waals surface area contributed by atoms with Gasteiger partial charge in [0.05, 0.1) is 31.0 Å². The van der Waals surface area contributed by atoms with Gasteiger partial charge in [0.15, 0.2) is 0 Å². The number of nitrogens with one attached hydrogen (secondary N) is 1. The highest BCUT2D eigenvalue weighted by Gasteiger charge is 2.34. The van der Waals surface area contributed by atoms with Crippen LogP contribution in [-0.4, -0.2) is 77.9 Å². The van der Waals surface area contributed by atoms with Gasteiger partial charge in [-0.15, -0.1) is 0 Å². The molecule has 1 fully saturated rings. The molecule has 8 nitrogen and oxygen atoms in total. The Morgan fingerprint density at radius 2 is 1.75 bits per heavy atom. The molecule has 0 unspecified atom stereocenters. The lowest BCUT2D eigenvalue weighted by Crippen LogP contribution is -2.49. The number of piperidine rings is 1. The fourth-order valence-electron chi connectivity index (χ4n) is 5.42. The van der Waals surface area contributed by atoms with Gasteiger partial charge in [0, 0.05) is 59.1 Å². The smallest absolute Gasteiger partial charge is 0.142 e. The van der Waals surface area contributed by atoms with Gasteiger partial charge in [-0.05, 0) is 66.1 Å². The number of aliphatic hydroxyl groups is 1. The van der Waals surface area contributed by atoms with Crippen molar-refractivity contribution < 1.29 is 24.1 Å². The van der Waals surface area contributed by atoms with Gasteiger partial charge in [0.1, 0.15) is 23.9 Å². The topological polar surface area (TPSA) is 75.7 Å². The van der Waals surface area contributed by atoms with E-state index in [0.29, 0.717) is 26.3 Å². The van der Waals surface area contributed by atoms with E-state index in [4.69, 9.17) is 18.9 Å². The number of hydrogen-bond acceptors (Lipinski definition) is 8. The van der Waals surface area contributed by atoms with Crippen molar-refractivity contribution in [1.29, 1.82) is 0 Å². The van der Waals surface area contributed by atoms with E-state index in [1.54, 1.807) is 7.11 Å². The van der Waals surface area contributed by atoms with Crippen LogP contribution in [0.4, 0.5) is 11.4 Å². The number of benzene rings is 3. The summed E-state index contributed by atoms with van der Waals surface area (Å²) < 4.78 is 23.6. The van der Waals surface area contributed by atoms with Gasteiger partial charge in [-0.25, -0.2) is 0 Å². The molecule has 3 aromatic carbocycles. The first-order valence-electron chi connectivity index (χ1n) is 14.1. The molecule has 2 N–H and O–H groups in total. The molecule has 0 saturated carbocycles. The van der Waals surface area contributed by atoms with Crippen molar-refractivity contribution in [2.45, 2.75) is 31.2 Å². The average Bonchev–Trinajstić information content (AvgIpc) is 2.97. The van der Waals surface area contributed by atoms with Crippen molar-refractivity contribution in [3.63, 3.8) is 0 Å². The number of fused-ring (bicyclic) bond motifs is 1. The highest BCUT2D eigenvalue weighted by atomic mass is 16.5. The predicted molar refractivity (Wildman–Crippen MR) is 158 cm³/mol. The van der Waals surface area contributed by atoms with Crippen LogP contribution in [0.3, 0.4) is 0 Å². The van der Waals surface area contributed by atoms with Crippen LogP contribution in [0.25, 0.3) is 0 Å². The van der Waals surface area contributed by atoms with E-state index in [2.05, 4.69) is 27.2 Å². The SMILES string of the molecule is COCCCN1CCOc2ccc(CO[C@H]3CNC[C@@H](O)[C@@H]3c3ccc(Oc4ccc(N(C)C)cc4)cc3)cc21. The maximum absolute atomic E-state index is 10.9. The first-order valence-corrected chi connectivity index (χ1v) is 14.1. The molecule has 2 aliphatic heterocycles. The Hall–Kier alpha value is -3.30. The molecule has 0 spiro atoms. The molecule has 0 aliphatic carbocycles. The lowest BCUT2D eigenvalue weighted by molar-refractivity contribution is -0.0328. The standard InChI is InChI=1S/C32H41N3O5/c1-34(2)25-8-12-27(13-9-25)40-26-10-6-24(7-11-26)32-29(36)20-33-21-31(32)39-22-23-5-14-30-28(19-23)35(16-18-38-30)15-4-17-37-3/h5-14,19,29,31-33,36H,4,15-18,20-22H2,1-3H3/t29-,31+,32+/m1/s1. The molecule has 1 saturated heterocycles. The Balaban J connectivity index is 1.24. The average molecular weight is 548 g/mol. The molecule has 3 aromatic rings. The van der Waals surface area contributed by atoms with E-state index >= 15 is 0 Å². The summed E-state index contributed by atoms with van der Waals surface area (Å²) >= 11 is 0. The zero-order valence-corrected chi connectivity index (χ0v) is 23.7. The number of nitrogens with zero attached hydrogens (tertiary/aromatic N) is 2. The third kappa shape index (κ3) is 6.88. The van der Waals surface area contributed by atoms with Crippen molar-refractivity contribution >= 4 is 11.4 Å². The highest BCUT2D eigenvalue weighted by molar-refractivity contribution is 5.61. The lowest BCUT2D eigenvalue weighted by Gasteiger charge is -2.36. The van der Waals surface area contributed by atoms with E-state index in [0.717, 1.165) is 65.9 Å². The molecule has 5 rings (SSSR count). The van der Waals surface area contributed by atoms with Crippen LogP contribution in [0.15, 0.2) is 66.7 Å². The number of ether oxygens (including phenoxy) is 4. The summed E-state index contributed by atoms with van der Waals surface area (Å²) in [6, 6.07) is 22.3. The minimum atomic E-state index is -0.544. The van der Waals surface area contributed by atoms with Crippen molar-refractivity contribution in [3.8, 4) is 17.2 Å². The van der Waals surface area contributed by atoms with E-state index in [9.17, 15) is 5.11 Å². The van der Waals surface area contributed by atoms with Gasteiger partial charge in [0.2, 0.25) is 0 Å². The van der Waals surface area contributed by atoms with Crippen LogP contribution in [0.2, 0.25) is 0 Å². The van der Waals surface area contributed by atoms with Gasteiger partial charge in [-0.1, -0.05) is 18.2 Å². The number of rotatable bonds is 11. The van der Waals surface area contributed by atoms with Crippen LogP contribution in [0.1, 0.15) is 23.5 Å². The van der Waals surface area contributed by atoms with E-state index in [-0.39, 0.29) is 12.0 Å². The molecule has 40 heavy (non-hydrogen) atoms. The first kappa shape index (κ1) is 28.2. The summed E-state index contributed by atoms with van der Waals surface area (Å²) in [7, 11) is 5.77. The van der Waals surface area contributed by atoms with Gasteiger partial charge in [0.25, 0.3) is 0 Å². The molecule has 0 aromatic heterocycles. The summed E-state index contributed by atoms with van der Waals surface area (Å²) in [5.41, 5.74) is 4.35. The van der Waals surface area contributed by atoms with Gasteiger partial charge in [-0.3, -0.25) is 0 Å². The summed E-state index contributed by atoms with van der Waals surface area (Å²) in [4.78, 5) is 4.41. The summed E-state index contributed by atoms with van der Waals surface area (Å²) in [5, 5.41) is 14.3. The number of methoxy groups -OCH3 is 1. The summed E-state index contributed by atoms with van der Waals surface area (Å²) in [5.74, 6) is 2.32. The molecule has 3 atom stereocenters. The maximum Gasteiger partial charge on any atom is 0.142 e. The van der Waals surface area contributed by atoms with Crippen molar-refractivity contribution in [2.24, 2.45) is 0 Å². The Morgan fingerprint density at radius 3 is 2.48 bits per heavy atom. The van der Waals surface area contributed by atoms with Crippen molar-refractivity contribution in [1.82, 2.24) is 5.32 Å². The molecule has 0 bridgehead atoms. The Morgan fingerprint density at radius 1 is 1.00 bits per heavy atom. The second-order valence-corrected chi connectivity index (χ2v) is 10.6. The number of hydrogen-bond donors (Lipinski definition) is 2. The molecule has 8 heteroatoms. The fraction of sp³-hybridized carbons (Fsp3) is 0.438. The third-order valence-electron chi connectivity index (χ3n) is 7.59. The second-order valence-electron chi connectivity index (χ2n) is 10.6. The Bertz CT molecular complexity index is 1220. The maximum atomic E-state index is 10.9. The first-order chi connectivity index (χ1) is 19.5. The van der Waals surface area contributed by atoms with Crippen molar-refractivity contribution in [2.75, 3.05) is 70.4 Å². The summed E-state index contributed by atoms with van der Waals surface area (Å²) in [6.45, 7) is 4.89. The number of β-amino-alcohol motifs (C(OH)–C–C–N with tert-alkyl or cyclic N) is 1. The normalized spacial score (nSPS) is 20.5. The predicted octanol–water partition coefficient (Wildman–Crippen LogP) is 4.41. The second kappa shape index (κ2) is 13.4. The fourth-order valence-corrected chi connectivity index (χ4v) is 5.42. The molecule has 0 radical (unpaired) electrons. The Kier molecular flexibility index (Phi) is 9.44. The highest BCUT2D eigenvalue weighted by Crippen LogP contribution is 2.35. The van der Waals surface area contributed by atoms with Crippen LogP contribution in [0, 0.1) is 0 Å². The van der Waals surface area contributed by atoms with Crippen LogP contribution >= 0.6 is 0 Å². The van der Waals surface area contributed by atoms with E-state index in [1.807, 2.05) is 68.7 Å². The number of anilines is 2.